The van der Waals surface area contributed by atoms with E-state index in [1.165, 1.54) is 31.5 Å². The van der Waals surface area contributed by atoms with E-state index in [0.717, 1.165) is 24.0 Å². The van der Waals surface area contributed by atoms with Crippen LogP contribution in [0.4, 0.5) is 5.82 Å². The van der Waals surface area contributed by atoms with Gasteiger partial charge in [-0.05, 0) is 50.0 Å². The van der Waals surface area contributed by atoms with Crippen molar-refractivity contribution < 1.29 is 4.74 Å². The first-order valence-electron chi connectivity index (χ1n) is 9.80. The number of fused-ring (bicyclic) bond motifs is 2. The third kappa shape index (κ3) is 2.59. The van der Waals surface area contributed by atoms with Crippen molar-refractivity contribution in [2.45, 2.75) is 30.8 Å². The highest BCUT2D eigenvalue weighted by atomic mass is 16.5. The molecule has 5 nitrogen and oxygen atoms in total. The van der Waals surface area contributed by atoms with Crippen LogP contribution in [0.3, 0.4) is 0 Å². The van der Waals surface area contributed by atoms with Crippen molar-refractivity contribution in [1.82, 2.24) is 9.88 Å². The first kappa shape index (κ1) is 16.6. The van der Waals surface area contributed by atoms with Crippen molar-refractivity contribution in [2.24, 2.45) is 5.92 Å². The number of hydrogen-bond donors (Lipinski definition) is 0. The van der Waals surface area contributed by atoms with Crippen LogP contribution in [-0.2, 0) is 0 Å². The number of nitriles is 1. The molecule has 27 heavy (non-hydrogen) atoms. The summed E-state index contributed by atoms with van der Waals surface area (Å²) in [6, 6.07) is 15.5. The molecule has 0 radical (unpaired) electrons. The van der Waals surface area contributed by atoms with Gasteiger partial charge in [-0.15, -0.1) is 0 Å². The van der Waals surface area contributed by atoms with Gasteiger partial charge in [-0.25, -0.2) is 4.98 Å². The Labute approximate surface area is 160 Å². The minimum absolute atomic E-state index is 0.409. The highest BCUT2D eigenvalue weighted by molar-refractivity contribution is 5.50. The van der Waals surface area contributed by atoms with E-state index in [9.17, 15) is 0 Å². The van der Waals surface area contributed by atoms with E-state index in [2.05, 4.69) is 39.1 Å². The average Bonchev–Trinajstić information content (AvgIpc) is 3.17. The molecule has 6 rings (SSSR count). The summed E-state index contributed by atoms with van der Waals surface area (Å²) in [6.07, 6.45) is 4.24. The lowest BCUT2D eigenvalue weighted by atomic mass is 9.75. The predicted octanol–water partition coefficient (Wildman–Crippen LogP) is 3.03. The largest absolute Gasteiger partial charge is 0.496 e. The van der Waals surface area contributed by atoms with Crippen LogP contribution in [0.15, 0.2) is 42.6 Å². The lowest BCUT2D eigenvalue weighted by molar-refractivity contribution is 0.0352. The summed E-state index contributed by atoms with van der Waals surface area (Å²) in [5, 5.41) is 9.09. The maximum Gasteiger partial charge on any atom is 0.128 e. The molecule has 5 heterocycles. The van der Waals surface area contributed by atoms with E-state index < -0.39 is 0 Å². The van der Waals surface area contributed by atoms with Crippen molar-refractivity contribution in [1.29, 1.82) is 5.26 Å². The Kier molecular flexibility index (Phi) is 4.02. The Bertz CT molecular complexity index is 867. The van der Waals surface area contributed by atoms with E-state index in [-0.39, 0.29) is 0 Å². The monoisotopic (exact) mass is 360 g/mol. The van der Waals surface area contributed by atoms with Gasteiger partial charge in [0.15, 0.2) is 0 Å². The third-order valence-electron chi connectivity index (χ3n) is 6.70. The number of benzene rings is 1. The van der Waals surface area contributed by atoms with Crippen molar-refractivity contribution in [3.05, 3.63) is 53.7 Å². The van der Waals surface area contributed by atoms with Crippen molar-refractivity contribution >= 4 is 5.82 Å². The number of hydrogen-bond acceptors (Lipinski definition) is 5. The summed E-state index contributed by atoms with van der Waals surface area (Å²) < 4.78 is 5.70. The molecule has 0 amide bonds. The lowest BCUT2D eigenvalue weighted by Crippen LogP contribution is -2.60. The summed E-state index contributed by atoms with van der Waals surface area (Å²) in [7, 11) is 1.76. The topological polar surface area (TPSA) is 52.4 Å². The van der Waals surface area contributed by atoms with Gasteiger partial charge in [0, 0.05) is 36.3 Å². The highest BCUT2D eigenvalue weighted by Crippen LogP contribution is 2.49. The van der Waals surface area contributed by atoms with Crippen LogP contribution in [0.1, 0.15) is 29.9 Å². The van der Waals surface area contributed by atoms with Gasteiger partial charge in [0.05, 0.1) is 12.7 Å². The van der Waals surface area contributed by atoms with E-state index >= 15 is 0 Å². The van der Waals surface area contributed by atoms with E-state index in [4.69, 9.17) is 10.00 Å². The Hall–Kier alpha value is -2.58. The molecule has 2 bridgehead atoms. The van der Waals surface area contributed by atoms with E-state index in [0.29, 0.717) is 23.6 Å². The summed E-state index contributed by atoms with van der Waals surface area (Å²) >= 11 is 0. The summed E-state index contributed by atoms with van der Waals surface area (Å²) in [5.74, 6) is 3.11. The van der Waals surface area contributed by atoms with Gasteiger partial charge >= 0.3 is 0 Å². The van der Waals surface area contributed by atoms with Crippen LogP contribution < -0.4 is 9.64 Å². The predicted molar refractivity (Wildman–Crippen MR) is 104 cm³/mol. The second-order valence-corrected chi connectivity index (χ2v) is 7.87. The molecule has 0 N–H and O–H groups in total. The zero-order valence-corrected chi connectivity index (χ0v) is 15.6. The van der Waals surface area contributed by atoms with Crippen molar-refractivity contribution in [3.8, 4) is 11.8 Å². The molecule has 0 spiro atoms. The molecule has 4 saturated heterocycles. The van der Waals surface area contributed by atoms with Gasteiger partial charge in [0.1, 0.15) is 17.6 Å². The van der Waals surface area contributed by atoms with E-state index in [1.807, 2.05) is 18.2 Å². The van der Waals surface area contributed by atoms with Crippen LogP contribution >= 0.6 is 0 Å². The third-order valence-corrected chi connectivity index (χ3v) is 6.70. The number of rotatable bonds is 3. The fourth-order valence-corrected chi connectivity index (χ4v) is 5.55. The molecule has 2 aromatic rings. The molecule has 4 aliphatic rings. The maximum absolute atomic E-state index is 9.09. The SMILES string of the molecule is COc1ccccc1[C@@H]1CN(c2ccc(C#N)cn2)[C@H]2C3CCN(CC3)[C@@H]12. The Morgan fingerprint density at radius 2 is 1.93 bits per heavy atom. The zero-order valence-electron chi connectivity index (χ0n) is 15.6. The van der Waals surface area contributed by atoms with Crippen LogP contribution in [0.5, 0.6) is 5.75 Å². The Balaban J connectivity index is 1.56. The number of piperidine rings is 3. The number of ether oxygens (including phenoxy) is 1. The molecule has 0 aliphatic carbocycles. The number of anilines is 1. The smallest absolute Gasteiger partial charge is 0.128 e. The number of nitrogens with zero attached hydrogens (tertiary/aromatic N) is 4. The molecule has 0 saturated carbocycles. The number of pyridine rings is 1. The fraction of sp³-hybridized carbons (Fsp3) is 0.455. The number of aromatic nitrogens is 1. The van der Waals surface area contributed by atoms with Gasteiger partial charge in [0.2, 0.25) is 0 Å². The normalized spacial score (nSPS) is 31.4. The first-order valence-corrected chi connectivity index (χ1v) is 9.80. The first-order chi connectivity index (χ1) is 13.3. The molecule has 5 heteroatoms. The maximum atomic E-state index is 9.09. The van der Waals surface area contributed by atoms with Crippen molar-refractivity contribution in [3.63, 3.8) is 0 Å². The van der Waals surface area contributed by atoms with Gasteiger partial charge in [0.25, 0.3) is 0 Å². The molecule has 138 valence electrons. The summed E-state index contributed by atoms with van der Waals surface area (Å²) in [6.45, 7) is 3.35. The molecule has 4 aliphatic heterocycles. The van der Waals surface area contributed by atoms with Crippen LogP contribution in [0.25, 0.3) is 0 Å². The molecule has 3 atom stereocenters. The zero-order chi connectivity index (χ0) is 18.4. The minimum Gasteiger partial charge on any atom is -0.496 e. The molecule has 1 aromatic carbocycles. The van der Waals surface area contributed by atoms with Crippen molar-refractivity contribution in [2.75, 3.05) is 31.6 Å². The van der Waals surface area contributed by atoms with Crippen LogP contribution in [0, 0.1) is 17.2 Å². The average molecular weight is 360 g/mol. The second kappa shape index (κ2) is 6.54. The second-order valence-electron chi connectivity index (χ2n) is 7.87. The standard InChI is InChI=1S/C22H24N4O/c1-27-19-5-3-2-4-17(19)18-14-26(20-7-6-15(12-23)13-24-20)21-16-8-10-25(11-9-16)22(18)21/h2-7,13,16,18,21-22H,8-11,14H2,1H3/t18-,21-,22-/m0/s1. The quantitative estimate of drug-likeness (QED) is 0.842. The summed E-state index contributed by atoms with van der Waals surface area (Å²) in [5.41, 5.74) is 1.92. The minimum atomic E-state index is 0.409. The van der Waals surface area contributed by atoms with Crippen LogP contribution in [-0.4, -0.2) is 48.7 Å². The summed E-state index contributed by atoms with van der Waals surface area (Å²) in [4.78, 5) is 9.82. The fourth-order valence-electron chi connectivity index (χ4n) is 5.55. The number of methoxy groups -OCH3 is 1. The Morgan fingerprint density at radius 3 is 2.63 bits per heavy atom. The van der Waals surface area contributed by atoms with Gasteiger partial charge < -0.3 is 9.64 Å². The molecule has 4 fully saturated rings. The van der Waals surface area contributed by atoms with Gasteiger partial charge in [-0.1, -0.05) is 18.2 Å². The molecule has 0 unspecified atom stereocenters. The lowest BCUT2D eigenvalue weighted by Gasteiger charge is -2.51. The highest BCUT2D eigenvalue weighted by Gasteiger charge is 2.54. The molecular formula is C22H24N4O. The van der Waals surface area contributed by atoms with Crippen LogP contribution in [0.2, 0.25) is 0 Å². The van der Waals surface area contributed by atoms with Gasteiger partial charge in [-0.3, -0.25) is 4.90 Å². The Morgan fingerprint density at radius 1 is 1.11 bits per heavy atom. The van der Waals surface area contributed by atoms with E-state index in [1.54, 1.807) is 13.3 Å². The van der Waals surface area contributed by atoms with Gasteiger partial charge in [-0.2, -0.15) is 5.26 Å². The molecule has 1 aromatic heterocycles. The molecular weight excluding hydrogens is 336 g/mol. The number of para-hydroxylation sites is 1.